The Bertz CT molecular complexity index is 703. The average molecular weight is 287 g/mol. The average Bonchev–Trinajstić information content (AvgIpc) is 3.14. The Morgan fingerprint density at radius 2 is 2.10 bits per heavy atom. The molecule has 2 aromatic rings. The predicted molar refractivity (Wildman–Crippen MR) is 77.7 cm³/mol. The topological polar surface area (TPSA) is 108 Å². The number of nitrogens with two attached hydrogens (primary N) is 1. The van der Waals surface area contributed by atoms with Gasteiger partial charge in [-0.1, -0.05) is 18.2 Å². The summed E-state index contributed by atoms with van der Waals surface area (Å²) in [6, 6.07) is 7.01. The molecule has 6 heteroatoms. The Morgan fingerprint density at radius 1 is 1.38 bits per heavy atom. The lowest BCUT2D eigenvalue weighted by Gasteiger charge is -2.16. The molecule has 21 heavy (non-hydrogen) atoms. The number of aromatic amines is 1. The number of carbonyl (C=O) groups is 2. The summed E-state index contributed by atoms with van der Waals surface area (Å²) in [7, 11) is 0. The third kappa shape index (κ3) is 2.50. The molecule has 0 bridgehead atoms. The summed E-state index contributed by atoms with van der Waals surface area (Å²) in [5.41, 5.74) is 6.77. The molecule has 1 aromatic carbocycles. The summed E-state index contributed by atoms with van der Waals surface area (Å²) in [6.45, 7) is 0. The van der Waals surface area contributed by atoms with E-state index in [0.717, 1.165) is 16.5 Å². The molecule has 0 unspecified atom stereocenters. The van der Waals surface area contributed by atoms with Crippen LogP contribution in [0.2, 0.25) is 0 Å². The molecule has 1 fully saturated rings. The lowest BCUT2D eigenvalue weighted by atomic mass is 10.0. The van der Waals surface area contributed by atoms with E-state index >= 15 is 0 Å². The fourth-order valence-corrected chi connectivity index (χ4v) is 2.48. The van der Waals surface area contributed by atoms with Crippen molar-refractivity contribution in [2.75, 3.05) is 0 Å². The Labute approximate surface area is 121 Å². The Balaban J connectivity index is 1.70. The zero-order valence-electron chi connectivity index (χ0n) is 11.4. The van der Waals surface area contributed by atoms with E-state index in [4.69, 9.17) is 10.8 Å². The van der Waals surface area contributed by atoms with Crippen molar-refractivity contribution in [2.24, 2.45) is 5.73 Å². The zero-order valence-corrected chi connectivity index (χ0v) is 11.4. The second-order valence-corrected chi connectivity index (χ2v) is 5.55. The maximum absolute atomic E-state index is 12.1. The fraction of sp³-hybridized carbons (Fsp3) is 0.333. The number of fused-ring (bicyclic) bond motifs is 1. The summed E-state index contributed by atoms with van der Waals surface area (Å²) < 4.78 is 0. The van der Waals surface area contributed by atoms with Crippen molar-refractivity contribution in [3.8, 4) is 0 Å². The van der Waals surface area contributed by atoms with Crippen LogP contribution in [0.4, 0.5) is 0 Å². The van der Waals surface area contributed by atoms with E-state index in [2.05, 4.69) is 10.3 Å². The minimum absolute atomic E-state index is 0.367. The maximum atomic E-state index is 12.1. The Kier molecular flexibility index (Phi) is 3.17. The van der Waals surface area contributed by atoms with Crippen LogP contribution in [-0.4, -0.2) is 33.5 Å². The molecule has 110 valence electrons. The van der Waals surface area contributed by atoms with Gasteiger partial charge < -0.3 is 21.1 Å². The molecule has 0 spiro atoms. The number of carbonyl (C=O) groups excluding carboxylic acids is 1. The van der Waals surface area contributed by atoms with Crippen LogP contribution in [0.3, 0.4) is 0 Å². The smallest absolute Gasteiger partial charge is 0.329 e. The van der Waals surface area contributed by atoms with Gasteiger partial charge in [-0.2, -0.15) is 0 Å². The first-order chi connectivity index (χ1) is 10.0. The number of H-pyrrole nitrogens is 1. The Hall–Kier alpha value is -2.34. The number of hydrogen-bond donors (Lipinski definition) is 4. The summed E-state index contributed by atoms with van der Waals surface area (Å²) >= 11 is 0. The highest BCUT2D eigenvalue weighted by Gasteiger charge is 2.52. The van der Waals surface area contributed by atoms with E-state index in [1.807, 2.05) is 30.5 Å². The first-order valence-electron chi connectivity index (χ1n) is 6.88. The maximum Gasteiger partial charge on any atom is 0.329 e. The van der Waals surface area contributed by atoms with Gasteiger partial charge in [-0.05, 0) is 30.9 Å². The molecular formula is C15H17N3O3. The second kappa shape index (κ2) is 4.89. The van der Waals surface area contributed by atoms with Gasteiger partial charge in [-0.15, -0.1) is 0 Å². The molecule has 1 aromatic heterocycles. The summed E-state index contributed by atoms with van der Waals surface area (Å²) in [4.78, 5) is 26.3. The number of aliphatic carboxylic acids is 1. The second-order valence-electron chi connectivity index (χ2n) is 5.55. The van der Waals surface area contributed by atoms with Crippen molar-refractivity contribution < 1.29 is 14.7 Å². The number of carboxylic acid groups (broad SMARTS) is 1. The SMILES string of the molecule is N[C@H](Cc1c[nH]c2ccccc12)C(=O)NC1(C(=O)O)CC1. The minimum atomic E-state index is -1.09. The number of hydrogen-bond acceptors (Lipinski definition) is 3. The van der Waals surface area contributed by atoms with E-state index < -0.39 is 23.5 Å². The van der Waals surface area contributed by atoms with E-state index in [1.165, 1.54) is 0 Å². The van der Waals surface area contributed by atoms with Crippen LogP contribution in [0.5, 0.6) is 0 Å². The van der Waals surface area contributed by atoms with E-state index in [-0.39, 0.29) is 0 Å². The normalized spacial score (nSPS) is 17.4. The largest absolute Gasteiger partial charge is 0.480 e. The Morgan fingerprint density at radius 3 is 2.76 bits per heavy atom. The predicted octanol–water partition coefficient (Wildman–Crippen LogP) is 0.771. The van der Waals surface area contributed by atoms with Crippen molar-refractivity contribution in [1.82, 2.24) is 10.3 Å². The number of amides is 1. The van der Waals surface area contributed by atoms with Crippen LogP contribution < -0.4 is 11.1 Å². The van der Waals surface area contributed by atoms with Crippen LogP contribution >= 0.6 is 0 Å². The number of para-hydroxylation sites is 1. The summed E-state index contributed by atoms with van der Waals surface area (Å²) in [6.07, 6.45) is 3.13. The third-order valence-corrected chi connectivity index (χ3v) is 3.97. The van der Waals surface area contributed by atoms with Crippen LogP contribution in [0.25, 0.3) is 10.9 Å². The molecule has 1 aliphatic carbocycles. The lowest BCUT2D eigenvalue weighted by Crippen LogP contribution is -2.50. The van der Waals surface area contributed by atoms with Crippen molar-refractivity contribution >= 4 is 22.8 Å². The highest BCUT2D eigenvalue weighted by Crippen LogP contribution is 2.35. The van der Waals surface area contributed by atoms with Crippen LogP contribution in [0.15, 0.2) is 30.5 Å². The monoisotopic (exact) mass is 287 g/mol. The van der Waals surface area contributed by atoms with Gasteiger partial charge >= 0.3 is 5.97 Å². The van der Waals surface area contributed by atoms with Gasteiger partial charge in [-0.25, -0.2) is 4.79 Å². The van der Waals surface area contributed by atoms with Crippen molar-refractivity contribution in [2.45, 2.75) is 30.8 Å². The molecule has 1 heterocycles. The van der Waals surface area contributed by atoms with Gasteiger partial charge in [-0.3, -0.25) is 4.79 Å². The highest BCUT2D eigenvalue weighted by molar-refractivity contribution is 5.92. The van der Waals surface area contributed by atoms with Gasteiger partial charge in [0.25, 0.3) is 0 Å². The fourth-order valence-electron chi connectivity index (χ4n) is 2.48. The van der Waals surface area contributed by atoms with Gasteiger partial charge in [0.05, 0.1) is 6.04 Å². The molecular weight excluding hydrogens is 270 g/mol. The molecule has 1 amide bonds. The molecule has 0 aliphatic heterocycles. The van der Waals surface area contributed by atoms with Gasteiger partial charge in [0, 0.05) is 17.1 Å². The number of nitrogens with one attached hydrogen (secondary N) is 2. The van der Waals surface area contributed by atoms with Gasteiger partial charge in [0.15, 0.2) is 0 Å². The summed E-state index contributed by atoms with van der Waals surface area (Å²) in [5.74, 6) is -1.41. The molecule has 3 rings (SSSR count). The molecule has 1 saturated carbocycles. The van der Waals surface area contributed by atoms with Crippen molar-refractivity contribution in [1.29, 1.82) is 0 Å². The van der Waals surface area contributed by atoms with Gasteiger partial charge in [0.2, 0.25) is 5.91 Å². The van der Waals surface area contributed by atoms with Crippen LogP contribution in [-0.2, 0) is 16.0 Å². The molecule has 6 nitrogen and oxygen atoms in total. The van der Waals surface area contributed by atoms with Gasteiger partial charge in [0.1, 0.15) is 5.54 Å². The molecule has 0 saturated heterocycles. The van der Waals surface area contributed by atoms with E-state index in [1.54, 1.807) is 0 Å². The molecule has 0 radical (unpaired) electrons. The quantitative estimate of drug-likeness (QED) is 0.651. The van der Waals surface area contributed by atoms with Crippen LogP contribution in [0, 0.1) is 0 Å². The van der Waals surface area contributed by atoms with Crippen molar-refractivity contribution in [3.63, 3.8) is 0 Å². The standard InChI is InChI=1S/C15H17N3O3/c16-11(13(19)18-15(5-6-15)14(20)21)7-9-8-17-12-4-2-1-3-10(9)12/h1-4,8,11,17H,5-7,16H2,(H,18,19)(H,20,21)/t11-/m1/s1. The first kappa shape index (κ1) is 13.6. The molecule has 5 N–H and O–H groups in total. The minimum Gasteiger partial charge on any atom is -0.480 e. The molecule has 1 aliphatic rings. The lowest BCUT2D eigenvalue weighted by molar-refractivity contribution is -0.143. The number of benzene rings is 1. The number of aromatic nitrogens is 1. The first-order valence-corrected chi connectivity index (χ1v) is 6.88. The number of carboxylic acids is 1. The van der Waals surface area contributed by atoms with Crippen molar-refractivity contribution in [3.05, 3.63) is 36.0 Å². The van der Waals surface area contributed by atoms with Crippen LogP contribution in [0.1, 0.15) is 18.4 Å². The molecule has 1 atom stereocenters. The van der Waals surface area contributed by atoms with E-state index in [9.17, 15) is 9.59 Å². The summed E-state index contributed by atoms with van der Waals surface area (Å²) in [5, 5.41) is 12.7. The third-order valence-electron chi connectivity index (χ3n) is 3.97. The highest BCUT2D eigenvalue weighted by atomic mass is 16.4. The zero-order chi connectivity index (χ0) is 15.0. The van der Waals surface area contributed by atoms with E-state index in [0.29, 0.717) is 19.3 Å². The number of rotatable bonds is 5.